The minimum absolute atomic E-state index is 0.148. The number of ether oxygens (including phenoxy) is 2. The predicted molar refractivity (Wildman–Crippen MR) is 118 cm³/mol. The number of hydrogen-bond donors (Lipinski definition) is 2. The molecule has 0 aliphatic rings. The molecule has 0 aliphatic heterocycles. The summed E-state index contributed by atoms with van der Waals surface area (Å²) in [4.78, 5) is 0. The molecule has 2 aromatic rings. The van der Waals surface area contributed by atoms with Crippen LogP contribution in [0.4, 0.5) is 0 Å². The fraction of sp³-hybridized carbons (Fsp3) is 0.520. The van der Waals surface area contributed by atoms with Crippen LogP contribution in [0.2, 0.25) is 0 Å². The normalized spacial score (nSPS) is 13.7. The lowest BCUT2D eigenvalue weighted by Crippen LogP contribution is -2.19. The van der Waals surface area contributed by atoms with Crippen LogP contribution >= 0.6 is 0 Å². The van der Waals surface area contributed by atoms with Crippen molar-refractivity contribution in [3.63, 3.8) is 0 Å². The predicted octanol–water partition coefficient (Wildman–Crippen LogP) is 5.09. The third-order valence-electron chi connectivity index (χ3n) is 5.49. The summed E-state index contributed by atoms with van der Waals surface area (Å²) in [5.41, 5.74) is 2.26. The summed E-state index contributed by atoms with van der Waals surface area (Å²) >= 11 is 0. The van der Waals surface area contributed by atoms with Crippen LogP contribution in [-0.2, 0) is 5.41 Å². The maximum absolute atomic E-state index is 9.63. The van der Waals surface area contributed by atoms with E-state index >= 15 is 0 Å². The fourth-order valence-corrected chi connectivity index (χ4v) is 3.13. The highest BCUT2D eigenvalue weighted by Gasteiger charge is 2.23. The van der Waals surface area contributed by atoms with E-state index in [0.717, 1.165) is 30.8 Å². The standard InChI is InChI=1S/C25H36O4/c1-5-21(26)8-7-17-28-23-13-9-19(10-14-23)25(3,4)20-11-15-24(16-12-20)29-18-22(27)6-2/h9-16,21-22,26-27H,5-8,17-18H2,1-4H3. The van der Waals surface area contributed by atoms with Crippen LogP contribution in [0.25, 0.3) is 0 Å². The molecule has 0 saturated carbocycles. The van der Waals surface area contributed by atoms with Crippen molar-refractivity contribution in [2.75, 3.05) is 13.2 Å². The highest BCUT2D eigenvalue weighted by molar-refractivity contribution is 5.41. The van der Waals surface area contributed by atoms with Gasteiger partial charge in [0.2, 0.25) is 0 Å². The van der Waals surface area contributed by atoms with Crippen LogP contribution in [0.15, 0.2) is 48.5 Å². The van der Waals surface area contributed by atoms with Gasteiger partial charge in [-0.15, -0.1) is 0 Å². The Hall–Kier alpha value is -2.04. The molecule has 4 nitrogen and oxygen atoms in total. The summed E-state index contributed by atoms with van der Waals surface area (Å²) in [6.45, 7) is 9.26. The molecule has 29 heavy (non-hydrogen) atoms. The second kappa shape index (κ2) is 11.2. The number of hydrogen-bond acceptors (Lipinski definition) is 4. The van der Waals surface area contributed by atoms with E-state index < -0.39 is 6.10 Å². The minimum atomic E-state index is -0.427. The Labute approximate surface area is 175 Å². The summed E-state index contributed by atoms with van der Waals surface area (Å²) in [6, 6.07) is 16.3. The lowest BCUT2D eigenvalue weighted by atomic mass is 9.78. The molecule has 2 unspecified atom stereocenters. The van der Waals surface area contributed by atoms with Crippen LogP contribution in [0.1, 0.15) is 64.5 Å². The summed E-state index contributed by atoms with van der Waals surface area (Å²) < 4.78 is 11.4. The molecule has 2 rings (SSSR count). The molecule has 0 aromatic heterocycles. The molecule has 0 aliphatic carbocycles. The highest BCUT2D eigenvalue weighted by atomic mass is 16.5. The number of aliphatic hydroxyl groups is 2. The Kier molecular flexibility index (Phi) is 8.99. The summed E-state index contributed by atoms with van der Waals surface area (Å²) in [5.74, 6) is 1.63. The van der Waals surface area contributed by atoms with Crippen LogP contribution in [-0.4, -0.2) is 35.6 Å². The number of aliphatic hydroxyl groups excluding tert-OH is 2. The SMILES string of the molecule is CCC(O)CCCOc1ccc(C(C)(C)c2ccc(OCC(O)CC)cc2)cc1. The first-order valence-corrected chi connectivity index (χ1v) is 10.7. The molecule has 0 radical (unpaired) electrons. The molecule has 0 fully saturated rings. The van der Waals surface area contributed by atoms with E-state index in [1.54, 1.807) is 0 Å². The summed E-state index contributed by atoms with van der Waals surface area (Å²) in [6.07, 6.45) is 2.45. The number of rotatable bonds is 12. The second-order valence-electron chi connectivity index (χ2n) is 8.10. The molecule has 0 bridgehead atoms. The quantitative estimate of drug-likeness (QED) is 0.487. The van der Waals surface area contributed by atoms with Gasteiger partial charge in [-0.1, -0.05) is 52.0 Å². The highest BCUT2D eigenvalue weighted by Crippen LogP contribution is 2.33. The van der Waals surface area contributed by atoms with Crippen molar-refractivity contribution in [2.24, 2.45) is 0 Å². The molecule has 0 amide bonds. The molecular weight excluding hydrogens is 364 g/mol. The van der Waals surface area contributed by atoms with E-state index in [2.05, 4.69) is 38.1 Å². The second-order valence-corrected chi connectivity index (χ2v) is 8.10. The largest absolute Gasteiger partial charge is 0.494 e. The van der Waals surface area contributed by atoms with E-state index in [4.69, 9.17) is 9.47 Å². The Morgan fingerprint density at radius 2 is 1.24 bits per heavy atom. The molecule has 4 heteroatoms. The maximum Gasteiger partial charge on any atom is 0.119 e. The Morgan fingerprint density at radius 1 is 0.759 bits per heavy atom. The van der Waals surface area contributed by atoms with Gasteiger partial charge in [0.05, 0.1) is 18.8 Å². The Bertz CT molecular complexity index is 707. The van der Waals surface area contributed by atoms with Gasteiger partial charge in [-0.2, -0.15) is 0 Å². The first-order chi connectivity index (χ1) is 13.9. The third kappa shape index (κ3) is 7.06. The molecular formula is C25H36O4. The van der Waals surface area contributed by atoms with Crippen molar-refractivity contribution in [1.29, 1.82) is 0 Å². The monoisotopic (exact) mass is 400 g/mol. The smallest absolute Gasteiger partial charge is 0.119 e. The van der Waals surface area contributed by atoms with E-state index in [9.17, 15) is 10.2 Å². The third-order valence-corrected chi connectivity index (χ3v) is 5.49. The molecule has 0 heterocycles. The van der Waals surface area contributed by atoms with Gasteiger partial charge in [0.15, 0.2) is 0 Å². The lowest BCUT2D eigenvalue weighted by molar-refractivity contribution is 0.104. The fourth-order valence-electron chi connectivity index (χ4n) is 3.13. The van der Waals surface area contributed by atoms with Crippen molar-refractivity contribution in [2.45, 2.75) is 71.0 Å². The summed E-state index contributed by atoms with van der Waals surface area (Å²) in [5, 5.41) is 19.2. The maximum atomic E-state index is 9.63. The van der Waals surface area contributed by atoms with Crippen LogP contribution in [0, 0.1) is 0 Å². The van der Waals surface area contributed by atoms with E-state index in [0.29, 0.717) is 19.6 Å². The van der Waals surface area contributed by atoms with Crippen LogP contribution < -0.4 is 9.47 Å². The van der Waals surface area contributed by atoms with Gasteiger partial charge >= 0.3 is 0 Å². The van der Waals surface area contributed by atoms with Gasteiger partial charge in [0, 0.05) is 5.41 Å². The van der Waals surface area contributed by atoms with Gasteiger partial charge < -0.3 is 19.7 Å². The van der Waals surface area contributed by atoms with Gasteiger partial charge in [0.1, 0.15) is 18.1 Å². The Balaban J connectivity index is 1.94. The average molecular weight is 401 g/mol. The van der Waals surface area contributed by atoms with Crippen molar-refractivity contribution < 1.29 is 19.7 Å². The van der Waals surface area contributed by atoms with Gasteiger partial charge in [-0.25, -0.2) is 0 Å². The molecule has 2 aromatic carbocycles. The summed E-state index contributed by atoms with van der Waals surface area (Å²) in [7, 11) is 0. The van der Waals surface area contributed by atoms with Crippen molar-refractivity contribution in [3.05, 3.63) is 59.7 Å². The van der Waals surface area contributed by atoms with Crippen molar-refractivity contribution in [3.8, 4) is 11.5 Å². The van der Waals surface area contributed by atoms with Crippen LogP contribution in [0.5, 0.6) is 11.5 Å². The van der Waals surface area contributed by atoms with Crippen LogP contribution in [0.3, 0.4) is 0 Å². The number of benzene rings is 2. The average Bonchev–Trinajstić information content (AvgIpc) is 2.75. The van der Waals surface area contributed by atoms with E-state index in [1.807, 2.05) is 38.1 Å². The molecule has 2 N–H and O–H groups in total. The Morgan fingerprint density at radius 3 is 1.72 bits per heavy atom. The van der Waals surface area contributed by atoms with Crippen molar-refractivity contribution >= 4 is 0 Å². The van der Waals surface area contributed by atoms with Gasteiger partial charge in [-0.3, -0.25) is 0 Å². The first kappa shape index (κ1) is 23.2. The molecule has 2 atom stereocenters. The molecule has 0 saturated heterocycles. The van der Waals surface area contributed by atoms with E-state index in [-0.39, 0.29) is 11.5 Å². The minimum Gasteiger partial charge on any atom is -0.494 e. The van der Waals surface area contributed by atoms with Crippen molar-refractivity contribution in [1.82, 2.24) is 0 Å². The van der Waals surface area contributed by atoms with Gasteiger partial charge in [-0.05, 0) is 61.1 Å². The zero-order valence-corrected chi connectivity index (χ0v) is 18.2. The topological polar surface area (TPSA) is 58.9 Å². The zero-order valence-electron chi connectivity index (χ0n) is 18.2. The molecule has 160 valence electrons. The zero-order chi connectivity index (χ0) is 21.3. The first-order valence-electron chi connectivity index (χ1n) is 10.7. The lowest BCUT2D eigenvalue weighted by Gasteiger charge is -2.26. The van der Waals surface area contributed by atoms with E-state index in [1.165, 1.54) is 11.1 Å². The molecule has 0 spiro atoms. The van der Waals surface area contributed by atoms with Gasteiger partial charge in [0.25, 0.3) is 0 Å².